The monoisotopic (exact) mass is 342 g/mol. The van der Waals surface area contributed by atoms with Gasteiger partial charge in [0.15, 0.2) is 0 Å². The average molecular weight is 342 g/mol. The highest BCUT2D eigenvalue weighted by atomic mass is 19.1. The SMILES string of the molecule is COC(=O)N(c1ccno1)c1ccccc1OCc1cccc(F)c1. The Hall–Kier alpha value is -3.35. The predicted molar refractivity (Wildman–Crippen MR) is 88.2 cm³/mol. The number of rotatable bonds is 5. The fourth-order valence-corrected chi connectivity index (χ4v) is 2.27. The summed E-state index contributed by atoms with van der Waals surface area (Å²) in [5.74, 6) is 0.259. The van der Waals surface area contributed by atoms with Gasteiger partial charge in [-0.3, -0.25) is 0 Å². The van der Waals surface area contributed by atoms with Gasteiger partial charge in [-0.15, -0.1) is 0 Å². The van der Waals surface area contributed by atoms with E-state index in [4.69, 9.17) is 14.0 Å². The van der Waals surface area contributed by atoms with E-state index in [9.17, 15) is 9.18 Å². The van der Waals surface area contributed by atoms with Crippen molar-refractivity contribution in [3.63, 3.8) is 0 Å². The fraction of sp³-hybridized carbons (Fsp3) is 0.111. The van der Waals surface area contributed by atoms with Crippen LogP contribution in [0.15, 0.2) is 65.3 Å². The first-order valence-corrected chi connectivity index (χ1v) is 7.44. The molecule has 0 unspecified atom stereocenters. The smallest absolute Gasteiger partial charge is 0.421 e. The molecule has 0 spiro atoms. The Bertz CT molecular complexity index is 852. The number of halogens is 1. The lowest BCUT2D eigenvalue weighted by atomic mass is 10.2. The number of para-hydroxylation sites is 2. The normalized spacial score (nSPS) is 10.3. The van der Waals surface area contributed by atoms with Gasteiger partial charge in [0.2, 0.25) is 5.88 Å². The summed E-state index contributed by atoms with van der Waals surface area (Å²) in [5, 5.41) is 3.61. The second kappa shape index (κ2) is 7.48. The average Bonchev–Trinajstić information content (AvgIpc) is 3.15. The summed E-state index contributed by atoms with van der Waals surface area (Å²) >= 11 is 0. The molecule has 6 nitrogen and oxygen atoms in total. The lowest BCUT2D eigenvalue weighted by molar-refractivity contribution is 0.179. The predicted octanol–water partition coefficient (Wildman–Crippen LogP) is 4.30. The standard InChI is InChI=1S/C18H15FN2O4/c1-23-18(22)21(17-9-10-20-25-17)15-7-2-3-8-16(15)24-12-13-5-4-6-14(19)11-13/h2-11H,12H2,1H3. The molecule has 0 aliphatic rings. The van der Waals surface area contributed by atoms with E-state index >= 15 is 0 Å². The number of anilines is 2. The van der Waals surface area contributed by atoms with Crippen molar-refractivity contribution in [1.82, 2.24) is 5.16 Å². The van der Waals surface area contributed by atoms with Gasteiger partial charge in [-0.05, 0) is 29.8 Å². The van der Waals surface area contributed by atoms with E-state index in [0.29, 0.717) is 17.0 Å². The Kier molecular flexibility index (Phi) is 4.94. The van der Waals surface area contributed by atoms with Crippen LogP contribution in [0.25, 0.3) is 0 Å². The molecule has 0 N–H and O–H groups in total. The highest BCUT2D eigenvalue weighted by molar-refractivity contribution is 5.96. The Morgan fingerprint density at radius 1 is 1.20 bits per heavy atom. The molecule has 0 atom stereocenters. The first kappa shape index (κ1) is 16.5. The summed E-state index contributed by atoms with van der Waals surface area (Å²) in [5.41, 5.74) is 1.08. The van der Waals surface area contributed by atoms with Crippen molar-refractivity contribution in [2.24, 2.45) is 0 Å². The van der Waals surface area contributed by atoms with Crippen molar-refractivity contribution in [3.05, 3.63) is 72.2 Å². The van der Waals surface area contributed by atoms with Crippen molar-refractivity contribution in [1.29, 1.82) is 0 Å². The molecule has 0 fully saturated rings. The number of ether oxygens (including phenoxy) is 2. The van der Waals surface area contributed by atoms with Gasteiger partial charge < -0.3 is 14.0 Å². The highest BCUT2D eigenvalue weighted by Crippen LogP contribution is 2.34. The molecule has 0 radical (unpaired) electrons. The number of aromatic nitrogens is 1. The summed E-state index contributed by atoms with van der Waals surface area (Å²) in [6, 6.07) is 14.5. The van der Waals surface area contributed by atoms with Crippen LogP contribution in [-0.2, 0) is 11.3 Å². The maximum Gasteiger partial charge on any atom is 0.421 e. The van der Waals surface area contributed by atoms with Crippen LogP contribution in [0.1, 0.15) is 5.56 Å². The van der Waals surface area contributed by atoms with Crippen LogP contribution in [0.5, 0.6) is 5.75 Å². The van der Waals surface area contributed by atoms with Crippen LogP contribution in [0, 0.1) is 5.82 Å². The zero-order chi connectivity index (χ0) is 17.6. The first-order valence-electron chi connectivity index (χ1n) is 7.44. The molecule has 3 rings (SSSR count). The third-order valence-corrected chi connectivity index (χ3v) is 3.39. The van der Waals surface area contributed by atoms with E-state index in [2.05, 4.69) is 5.16 Å². The van der Waals surface area contributed by atoms with Gasteiger partial charge in [0, 0.05) is 6.07 Å². The summed E-state index contributed by atoms with van der Waals surface area (Å²) < 4.78 is 29.0. The molecule has 1 heterocycles. The maximum atomic E-state index is 13.3. The quantitative estimate of drug-likeness (QED) is 0.692. The van der Waals surface area contributed by atoms with E-state index in [1.54, 1.807) is 36.4 Å². The van der Waals surface area contributed by atoms with E-state index in [1.807, 2.05) is 0 Å². The third-order valence-electron chi connectivity index (χ3n) is 3.39. The number of carbonyl (C=O) groups is 1. The Morgan fingerprint density at radius 3 is 2.76 bits per heavy atom. The third kappa shape index (κ3) is 3.77. The van der Waals surface area contributed by atoms with Gasteiger partial charge in [-0.2, -0.15) is 0 Å². The fourth-order valence-electron chi connectivity index (χ4n) is 2.27. The van der Waals surface area contributed by atoms with Gasteiger partial charge in [-0.1, -0.05) is 29.4 Å². The van der Waals surface area contributed by atoms with E-state index < -0.39 is 6.09 Å². The van der Waals surface area contributed by atoms with Crippen molar-refractivity contribution >= 4 is 17.7 Å². The van der Waals surface area contributed by atoms with Gasteiger partial charge in [0.05, 0.1) is 19.0 Å². The number of hydrogen-bond donors (Lipinski definition) is 0. The van der Waals surface area contributed by atoms with Crippen LogP contribution in [-0.4, -0.2) is 18.4 Å². The molecule has 128 valence electrons. The number of carbonyl (C=O) groups excluding carboxylic acids is 1. The van der Waals surface area contributed by atoms with Gasteiger partial charge >= 0.3 is 6.09 Å². The summed E-state index contributed by atoms with van der Waals surface area (Å²) in [6.07, 6.45) is 0.764. The number of nitrogens with zero attached hydrogens (tertiary/aromatic N) is 2. The van der Waals surface area contributed by atoms with Crippen molar-refractivity contribution < 1.29 is 23.2 Å². The number of methoxy groups -OCH3 is 1. The minimum Gasteiger partial charge on any atom is -0.487 e. The molecule has 2 aromatic carbocycles. The lowest BCUT2D eigenvalue weighted by Gasteiger charge is -2.20. The Morgan fingerprint density at radius 2 is 2.04 bits per heavy atom. The minimum absolute atomic E-state index is 0.139. The molecule has 0 bridgehead atoms. The molecule has 0 aliphatic carbocycles. The Balaban J connectivity index is 1.90. The minimum atomic E-state index is -0.654. The lowest BCUT2D eigenvalue weighted by Crippen LogP contribution is -2.25. The number of hydrogen-bond acceptors (Lipinski definition) is 5. The van der Waals surface area contributed by atoms with E-state index in [-0.39, 0.29) is 18.3 Å². The topological polar surface area (TPSA) is 64.8 Å². The summed E-state index contributed by atoms with van der Waals surface area (Å²) in [4.78, 5) is 13.4. The second-order valence-electron chi connectivity index (χ2n) is 5.04. The van der Waals surface area contributed by atoms with E-state index in [0.717, 1.165) is 0 Å². The van der Waals surface area contributed by atoms with Gasteiger partial charge in [0.25, 0.3) is 0 Å². The maximum absolute atomic E-state index is 13.3. The molecule has 25 heavy (non-hydrogen) atoms. The second-order valence-corrected chi connectivity index (χ2v) is 5.04. The van der Waals surface area contributed by atoms with Crippen LogP contribution in [0.4, 0.5) is 20.8 Å². The zero-order valence-corrected chi connectivity index (χ0v) is 13.4. The Labute approximate surface area is 143 Å². The molecule has 0 saturated heterocycles. The summed E-state index contributed by atoms with van der Waals surface area (Å²) in [7, 11) is 1.27. The summed E-state index contributed by atoms with van der Waals surface area (Å²) in [6.45, 7) is 0.139. The number of benzene rings is 2. The largest absolute Gasteiger partial charge is 0.487 e. The van der Waals surface area contributed by atoms with Crippen LogP contribution < -0.4 is 9.64 Å². The molecule has 1 aromatic heterocycles. The van der Waals surface area contributed by atoms with Crippen LogP contribution in [0.3, 0.4) is 0 Å². The molecule has 3 aromatic rings. The van der Waals surface area contributed by atoms with Gasteiger partial charge in [0.1, 0.15) is 18.2 Å². The van der Waals surface area contributed by atoms with Crippen LogP contribution in [0.2, 0.25) is 0 Å². The first-order chi connectivity index (χ1) is 12.2. The molecular formula is C18H15FN2O4. The highest BCUT2D eigenvalue weighted by Gasteiger charge is 2.25. The molecule has 1 amide bonds. The molecule has 0 aliphatic heterocycles. The van der Waals surface area contributed by atoms with Gasteiger partial charge in [-0.25, -0.2) is 14.1 Å². The molecular weight excluding hydrogens is 327 g/mol. The molecule has 7 heteroatoms. The van der Waals surface area contributed by atoms with E-state index in [1.165, 1.54) is 36.4 Å². The van der Waals surface area contributed by atoms with Crippen molar-refractivity contribution in [2.45, 2.75) is 6.61 Å². The van der Waals surface area contributed by atoms with Crippen molar-refractivity contribution in [2.75, 3.05) is 12.0 Å². The molecule has 0 saturated carbocycles. The van der Waals surface area contributed by atoms with Crippen molar-refractivity contribution in [3.8, 4) is 5.75 Å². The zero-order valence-electron chi connectivity index (χ0n) is 13.4. The van der Waals surface area contributed by atoms with Crippen LogP contribution >= 0.6 is 0 Å². The number of amides is 1.